The molecule has 152 valence electrons. The molecule has 1 aromatic heterocycles. The summed E-state index contributed by atoms with van der Waals surface area (Å²) in [7, 11) is 0. The molecule has 4 heteroatoms. The van der Waals surface area contributed by atoms with Gasteiger partial charge in [-0.05, 0) is 55.0 Å². The second-order valence-corrected chi connectivity index (χ2v) is 8.04. The van der Waals surface area contributed by atoms with Crippen LogP contribution in [0, 0.1) is 6.92 Å². The van der Waals surface area contributed by atoms with E-state index in [0.29, 0.717) is 17.7 Å². The van der Waals surface area contributed by atoms with Crippen LogP contribution in [0.3, 0.4) is 0 Å². The molecule has 5 rings (SSSR count). The third kappa shape index (κ3) is 3.13. The van der Waals surface area contributed by atoms with E-state index in [9.17, 15) is 4.79 Å². The Bertz CT molecular complexity index is 1290. The van der Waals surface area contributed by atoms with Crippen molar-refractivity contribution in [3.05, 3.63) is 81.7 Å². The maximum atomic E-state index is 12.4. The molecule has 3 aromatic carbocycles. The number of nitrogens with zero attached hydrogens (tertiary/aromatic N) is 1. The van der Waals surface area contributed by atoms with E-state index in [1.165, 1.54) is 18.4 Å². The predicted molar refractivity (Wildman–Crippen MR) is 121 cm³/mol. The van der Waals surface area contributed by atoms with Gasteiger partial charge in [-0.3, -0.25) is 0 Å². The average molecular weight is 399 g/mol. The molecule has 0 bridgehead atoms. The number of fused-ring (bicyclic) bond motifs is 4. The highest BCUT2D eigenvalue weighted by atomic mass is 16.5. The number of hydrogen-bond donors (Lipinski definition) is 0. The van der Waals surface area contributed by atoms with E-state index in [1.807, 2.05) is 31.2 Å². The van der Waals surface area contributed by atoms with E-state index in [-0.39, 0.29) is 5.63 Å². The van der Waals surface area contributed by atoms with E-state index < -0.39 is 0 Å². The second-order valence-electron chi connectivity index (χ2n) is 8.04. The van der Waals surface area contributed by atoms with Gasteiger partial charge in [0.05, 0.1) is 5.39 Å². The first-order valence-electron chi connectivity index (χ1n) is 10.6. The molecule has 4 aromatic rings. The molecule has 0 saturated heterocycles. The average Bonchev–Trinajstić information content (AvgIpc) is 2.79. The van der Waals surface area contributed by atoms with Crippen LogP contribution in [0.15, 0.2) is 63.8 Å². The van der Waals surface area contributed by atoms with Crippen molar-refractivity contribution in [1.29, 1.82) is 0 Å². The molecule has 1 aliphatic heterocycles. The van der Waals surface area contributed by atoms with Gasteiger partial charge in [0, 0.05) is 28.7 Å². The maximum Gasteiger partial charge on any atom is 0.344 e. The van der Waals surface area contributed by atoms with E-state index in [4.69, 9.17) is 9.15 Å². The number of ether oxygens (including phenoxy) is 1. The Hall–Kier alpha value is -3.27. The molecule has 0 fully saturated rings. The number of anilines is 1. The van der Waals surface area contributed by atoms with Crippen LogP contribution in [-0.2, 0) is 13.0 Å². The van der Waals surface area contributed by atoms with Gasteiger partial charge in [0.1, 0.15) is 11.3 Å². The van der Waals surface area contributed by atoms with Crippen molar-refractivity contribution in [2.45, 2.75) is 39.7 Å². The van der Waals surface area contributed by atoms with Crippen LogP contribution in [-0.4, -0.2) is 6.73 Å². The van der Waals surface area contributed by atoms with Gasteiger partial charge in [-0.25, -0.2) is 4.79 Å². The van der Waals surface area contributed by atoms with Crippen LogP contribution >= 0.6 is 0 Å². The van der Waals surface area contributed by atoms with Gasteiger partial charge < -0.3 is 14.1 Å². The summed E-state index contributed by atoms with van der Waals surface area (Å²) in [5.74, 6) is 0.830. The van der Waals surface area contributed by atoms with Crippen LogP contribution in [0.2, 0.25) is 0 Å². The summed E-state index contributed by atoms with van der Waals surface area (Å²) >= 11 is 0. The van der Waals surface area contributed by atoms with Gasteiger partial charge in [-0.2, -0.15) is 0 Å². The molecule has 0 radical (unpaired) electrons. The van der Waals surface area contributed by atoms with E-state index in [2.05, 4.69) is 42.2 Å². The van der Waals surface area contributed by atoms with Crippen molar-refractivity contribution < 1.29 is 9.15 Å². The van der Waals surface area contributed by atoms with Gasteiger partial charge in [0.15, 0.2) is 6.73 Å². The lowest BCUT2D eigenvalue weighted by atomic mass is 9.99. The normalized spacial score (nSPS) is 13.5. The summed E-state index contributed by atoms with van der Waals surface area (Å²) in [6, 6.07) is 18.5. The smallest absolute Gasteiger partial charge is 0.344 e. The van der Waals surface area contributed by atoms with E-state index in [1.54, 1.807) is 0 Å². The summed E-state index contributed by atoms with van der Waals surface area (Å²) < 4.78 is 11.8. The van der Waals surface area contributed by atoms with Crippen molar-refractivity contribution in [2.24, 2.45) is 0 Å². The van der Waals surface area contributed by atoms with Crippen molar-refractivity contribution >= 4 is 27.4 Å². The number of aryl methyl sites for hydroxylation is 2. The minimum absolute atomic E-state index is 0.304. The summed E-state index contributed by atoms with van der Waals surface area (Å²) in [5, 5.41) is 2.49. The summed E-state index contributed by atoms with van der Waals surface area (Å²) in [5.41, 5.74) is 4.85. The Morgan fingerprint density at radius 1 is 1.00 bits per heavy atom. The number of hydrogen-bond acceptors (Lipinski definition) is 4. The number of benzene rings is 3. The highest BCUT2D eigenvalue weighted by Gasteiger charge is 2.23. The molecule has 30 heavy (non-hydrogen) atoms. The summed E-state index contributed by atoms with van der Waals surface area (Å²) in [4.78, 5) is 14.7. The van der Waals surface area contributed by atoms with Gasteiger partial charge in [-0.1, -0.05) is 43.7 Å². The fourth-order valence-electron chi connectivity index (χ4n) is 4.36. The third-order valence-corrected chi connectivity index (χ3v) is 6.01. The minimum atomic E-state index is -0.304. The van der Waals surface area contributed by atoms with Crippen LogP contribution in [0.5, 0.6) is 5.75 Å². The zero-order valence-electron chi connectivity index (χ0n) is 17.4. The molecule has 1 aliphatic rings. The Labute approximate surface area is 175 Å². The van der Waals surface area contributed by atoms with Crippen LogP contribution < -0.4 is 15.3 Å². The molecule has 0 atom stereocenters. The molecule has 0 N–H and O–H groups in total. The van der Waals surface area contributed by atoms with E-state index >= 15 is 0 Å². The molecule has 0 unspecified atom stereocenters. The minimum Gasteiger partial charge on any atom is -0.472 e. The standard InChI is InChI=1S/C26H25NO3/c1-3-4-7-18-10-12-20(13-11-18)27-15-19-14-23-21-8-5-6-9-22(21)26(28)30-25(23)17(2)24(19)29-16-27/h5-6,8-14H,3-4,7,15-16H2,1-2H3. The zero-order chi connectivity index (χ0) is 20.7. The van der Waals surface area contributed by atoms with Gasteiger partial charge >= 0.3 is 5.63 Å². The molecule has 0 amide bonds. The summed E-state index contributed by atoms with van der Waals surface area (Å²) in [6.45, 7) is 5.42. The van der Waals surface area contributed by atoms with Crippen LogP contribution in [0.4, 0.5) is 5.69 Å². The predicted octanol–water partition coefficient (Wildman–Crippen LogP) is 5.95. The first-order valence-corrected chi connectivity index (χ1v) is 10.6. The fraction of sp³-hybridized carbons (Fsp3) is 0.269. The Morgan fingerprint density at radius 3 is 2.53 bits per heavy atom. The van der Waals surface area contributed by atoms with Crippen molar-refractivity contribution in [2.75, 3.05) is 11.6 Å². The zero-order valence-corrected chi connectivity index (χ0v) is 17.4. The Balaban J connectivity index is 1.54. The Morgan fingerprint density at radius 2 is 1.77 bits per heavy atom. The first-order chi connectivity index (χ1) is 14.7. The molecule has 0 aliphatic carbocycles. The van der Waals surface area contributed by atoms with Gasteiger partial charge in [0.2, 0.25) is 0 Å². The van der Waals surface area contributed by atoms with Gasteiger partial charge in [0.25, 0.3) is 0 Å². The van der Waals surface area contributed by atoms with Gasteiger partial charge in [-0.15, -0.1) is 0 Å². The summed E-state index contributed by atoms with van der Waals surface area (Å²) in [6.07, 6.45) is 3.55. The molecular weight excluding hydrogens is 374 g/mol. The van der Waals surface area contributed by atoms with Crippen molar-refractivity contribution in [3.63, 3.8) is 0 Å². The molecular formula is C26H25NO3. The fourth-order valence-corrected chi connectivity index (χ4v) is 4.36. The van der Waals surface area contributed by atoms with E-state index in [0.717, 1.165) is 46.3 Å². The largest absolute Gasteiger partial charge is 0.472 e. The lowest BCUT2D eigenvalue weighted by Gasteiger charge is -2.32. The molecule has 4 nitrogen and oxygen atoms in total. The van der Waals surface area contributed by atoms with Crippen LogP contribution in [0.25, 0.3) is 21.7 Å². The number of rotatable bonds is 4. The highest BCUT2D eigenvalue weighted by molar-refractivity contribution is 6.06. The third-order valence-electron chi connectivity index (χ3n) is 6.01. The van der Waals surface area contributed by atoms with Crippen LogP contribution in [0.1, 0.15) is 36.5 Å². The highest BCUT2D eigenvalue weighted by Crippen LogP contribution is 2.38. The lowest BCUT2D eigenvalue weighted by molar-refractivity contribution is 0.287. The first kappa shape index (κ1) is 18.7. The molecule has 0 spiro atoms. The number of unbranched alkanes of at least 4 members (excludes halogenated alkanes) is 1. The molecule has 2 heterocycles. The molecule has 0 saturated carbocycles. The monoisotopic (exact) mass is 399 g/mol. The quantitative estimate of drug-likeness (QED) is 0.314. The van der Waals surface area contributed by atoms with Crippen molar-refractivity contribution in [1.82, 2.24) is 0 Å². The Kier molecular flexibility index (Phi) is 4.70. The SMILES string of the molecule is CCCCc1ccc(N2COc3c(cc4c(oc(=O)c5ccccc54)c3C)C2)cc1. The lowest BCUT2D eigenvalue weighted by Crippen LogP contribution is -2.32. The second kappa shape index (κ2) is 7.52. The maximum absolute atomic E-state index is 12.4. The topological polar surface area (TPSA) is 42.7 Å². The van der Waals surface area contributed by atoms with Crippen molar-refractivity contribution in [3.8, 4) is 5.75 Å².